The minimum Gasteiger partial charge on any atom is -0.443 e. The second-order valence-corrected chi connectivity index (χ2v) is 7.38. The lowest BCUT2D eigenvalue weighted by Gasteiger charge is -2.25. The van der Waals surface area contributed by atoms with Crippen molar-refractivity contribution in [2.45, 2.75) is 32.3 Å². The Bertz CT molecular complexity index is 860. The zero-order valence-corrected chi connectivity index (χ0v) is 15.0. The van der Waals surface area contributed by atoms with Crippen LogP contribution in [0, 0.1) is 10.1 Å². The average molecular weight is 363 g/mol. The predicted molar refractivity (Wildman–Crippen MR) is 97.6 cm³/mol. The number of carbonyl (C=O) groups is 1. The summed E-state index contributed by atoms with van der Waals surface area (Å²) < 4.78 is 5.48. The molecule has 0 saturated carbocycles. The lowest BCUT2D eigenvalue weighted by Crippen LogP contribution is -2.36. The summed E-state index contributed by atoms with van der Waals surface area (Å²) in [4.78, 5) is 25.0. The van der Waals surface area contributed by atoms with Gasteiger partial charge in [0.1, 0.15) is 5.60 Å². The summed E-state index contributed by atoms with van der Waals surface area (Å²) in [6.45, 7) is 5.83. The first-order chi connectivity index (χ1) is 11.7. The number of rotatable bonds is 2. The third kappa shape index (κ3) is 3.14. The van der Waals surface area contributed by atoms with E-state index in [9.17, 15) is 14.9 Å². The second-order valence-electron chi connectivity index (χ2n) is 7.07. The molecule has 0 N–H and O–H groups in total. The van der Waals surface area contributed by atoms with Crippen LogP contribution in [0.1, 0.15) is 32.3 Å². The SMILES string of the molecule is CC(C)(C)OC(=O)N1CC(CCl)c2c1ccc1c([N+](=O)[O-])cccc21. The molecule has 1 atom stereocenters. The molecule has 7 heteroatoms. The highest BCUT2D eigenvalue weighted by molar-refractivity contribution is 6.19. The van der Waals surface area contributed by atoms with Gasteiger partial charge >= 0.3 is 6.09 Å². The van der Waals surface area contributed by atoms with E-state index in [-0.39, 0.29) is 11.6 Å². The highest BCUT2D eigenvalue weighted by Gasteiger charge is 2.36. The lowest BCUT2D eigenvalue weighted by atomic mass is 9.95. The molecule has 0 aliphatic carbocycles. The first kappa shape index (κ1) is 17.5. The van der Waals surface area contributed by atoms with E-state index in [1.165, 1.54) is 6.07 Å². The van der Waals surface area contributed by atoms with Crippen LogP contribution in [-0.2, 0) is 4.74 Å². The van der Waals surface area contributed by atoms with Gasteiger partial charge in [-0.3, -0.25) is 15.0 Å². The summed E-state index contributed by atoms with van der Waals surface area (Å²) in [6, 6.07) is 8.38. The summed E-state index contributed by atoms with van der Waals surface area (Å²) in [5.74, 6) is 0.212. The zero-order valence-electron chi connectivity index (χ0n) is 14.3. The van der Waals surface area contributed by atoms with Crippen molar-refractivity contribution in [3.8, 4) is 0 Å². The van der Waals surface area contributed by atoms with Crippen molar-refractivity contribution < 1.29 is 14.5 Å². The molecule has 1 amide bonds. The number of anilines is 1. The molecule has 3 rings (SSSR count). The molecular weight excluding hydrogens is 344 g/mol. The molecule has 2 aromatic rings. The largest absolute Gasteiger partial charge is 0.443 e. The highest BCUT2D eigenvalue weighted by atomic mass is 35.5. The van der Waals surface area contributed by atoms with Crippen LogP contribution in [0.25, 0.3) is 10.8 Å². The normalized spacial score (nSPS) is 16.8. The van der Waals surface area contributed by atoms with Gasteiger partial charge in [0.2, 0.25) is 0 Å². The number of alkyl halides is 1. The standard InChI is InChI=1S/C18H19ClN2O4/c1-18(2,3)25-17(22)20-10-11(9-19)16-13-5-4-6-14(21(23)24)12(13)7-8-15(16)20/h4-8,11H,9-10H2,1-3H3. The Hall–Kier alpha value is -2.34. The Labute approximate surface area is 150 Å². The summed E-state index contributed by atoms with van der Waals surface area (Å²) in [7, 11) is 0. The lowest BCUT2D eigenvalue weighted by molar-refractivity contribution is -0.383. The van der Waals surface area contributed by atoms with Gasteiger partial charge in [-0.25, -0.2) is 4.79 Å². The number of amides is 1. The van der Waals surface area contributed by atoms with Crippen molar-refractivity contribution in [1.29, 1.82) is 0 Å². The highest BCUT2D eigenvalue weighted by Crippen LogP contribution is 2.43. The molecule has 0 spiro atoms. The van der Waals surface area contributed by atoms with Gasteiger partial charge in [-0.05, 0) is 43.9 Å². The number of non-ortho nitro benzene ring substituents is 1. The quantitative estimate of drug-likeness (QED) is 0.436. The predicted octanol–water partition coefficient (Wildman–Crippen LogP) is 4.83. The number of nitro groups is 1. The van der Waals surface area contributed by atoms with Crippen LogP contribution < -0.4 is 4.90 Å². The van der Waals surface area contributed by atoms with Crippen molar-refractivity contribution in [1.82, 2.24) is 0 Å². The van der Waals surface area contributed by atoms with Crippen LogP contribution in [0.3, 0.4) is 0 Å². The number of ether oxygens (including phenoxy) is 1. The van der Waals surface area contributed by atoms with E-state index in [0.717, 1.165) is 10.9 Å². The van der Waals surface area contributed by atoms with Gasteiger partial charge < -0.3 is 4.74 Å². The summed E-state index contributed by atoms with van der Waals surface area (Å²) in [5, 5.41) is 12.6. The molecule has 1 heterocycles. The number of nitro benzene ring substituents is 1. The summed E-state index contributed by atoms with van der Waals surface area (Å²) in [5.41, 5.74) is 1.01. The zero-order chi connectivity index (χ0) is 18.4. The van der Waals surface area contributed by atoms with Crippen molar-refractivity contribution in [2.24, 2.45) is 0 Å². The van der Waals surface area contributed by atoms with Gasteiger partial charge in [-0.2, -0.15) is 0 Å². The van der Waals surface area contributed by atoms with E-state index in [1.807, 2.05) is 26.8 Å². The Morgan fingerprint density at radius 2 is 2.04 bits per heavy atom. The topological polar surface area (TPSA) is 72.7 Å². The fraction of sp³-hybridized carbons (Fsp3) is 0.389. The third-order valence-corrected chi connectivity index (χ3v) is 4.53. The van der Waals surface area contributed by atoms with E-state index < -0.39 is 16.6 Å². The average Bonchev–Trinajstić information content (AvgIpc) is 2.91. The maximum atomic E-state index is 12.5. The van der Waals surface area contributed by atoms with Crippen LogP contribution in [0.15, 0.2) is 30.3 Å². The molecule has 0 bridgehead atoms. The molecule has 0 fully saturated rings. The minimum absolute atomic E-state index is 0.0457. The van der Waals surface area contributed by atoms with Crippen LogP contribution in [-0.4, -0.2) is 29.0 Å². The first-order valence-corrected chi connectivity index (χ1v) is 8.53. The molecule has 0 aromatic heterocycles. The number of benzene rings is 2. The second kappa shape index (κ2) is 6.19. The number of nitrogens with zero attached hydrogens (tertiary/aromatic N) is 2. The van der Waals surface area contributed by atoms with Gasteiger partial charge in [-0.1, -0.05) is 12.1 Å². The fourth-order valence-electron chi connectivity index (χ4n) is 3.20. The summed E-state index contributed by atoms with van der Waals surface area (Å²) in [6.07, 6.45) is -0.439. The van der Waals surface area contributed by atoms with Crippen molar-refractivity contribution in [2.75, 3.05) is 17.3 Å². The van der Waals surface area contributed by atoms with Gasteiger partial charge in [0, 0.05) is 24.4 Å². The van der Waals surface area contributed by atoms with Crippen molar-refractivity contribution >= 4 is 39.8 Å². The van der Waals surface area contributed by atoms with Gasteiger partial charge in [0.05, 0.1) is 16.0 Å². The number of carbonyl (C=O) groups excluding carboxylic acids is 1. The molecule has 1 aliphatic rings. The van der Waals surface area contributed by atoms with Crippen molar-refractivity contribution in [3.05, 3.63) is 46.0 Å². The van der Waals surface area contributed by atoms with Gasteiger partial charge in [0.25, 0.3) is 5.69 Å². The van der Waals surface area contributed by atoms with Gasteiger partial charge in [-0.15, -0.1) is 11.6 Å². The molecule has 6 nitrogen and oxygen atoms in total. The number of hydrogen-bond donors (Lipinski definition) is 0. The molecule has 2 aromatic carbocycles. The van der Waals surface area contributed by atoms with Crippen LogP contribution >= 0.6 is 11.6 Å². The molecule has 25 heavy (non-hydrogen) atoms. The van der Waals surface area contributed by atoms with Crippen LogP contribution in [0.5, 0.6) is 0 Å². The molecule has 1 unspecified atom stereocenters. The molecule has 1 aliphatic heterocycles. The molecule has 0 saturated heterocycles. The molecule has 0 radical (unpaired) electrons. The summed E-state index contributed by atoms with van der Waals surface area (Å²) >= 11 is 6.13. The maximum absolute atomic E-state index is 12.5. The van der Waals surface area contributed by atoms with E-state index in [1.54, 1.807) is 23.1 Å². The Kier molecular flexibility index (Phi) is 4.33. The minimum atomic E-state index is -0.605. The smallest absolute Gasteiger partial charge is 0.414 e. The first-order valence-electron chi connectivity index (χ1n) is 7.99. The molecular formula is C18H19ClN2O4. The fourth-order valence-corrected chi connectivity index (χ4v) is 3.45. The number of hydrogen-bond acceptors (Lipinski definition) is 4. The van der Waals surface area contributed by atoms with E-state index >= 15 is 0 Å². The Morgan fingerprint density at radius 1 is 1.32 bits per heavy atom. The number of halogens is 1. The van der Waals surface area contributed by atoms with E-state index in [2.05, 4.69) is 0 Å². The van der Waals surface area contributed by atoms with Crippen LogP contribution in [0.4, 0.5) is 16.2 Å². The van der Waals surface area contributed by atoms with Crippen LogP contribution in [0.2, 0.25) is 0 Å². The van der Waals surface area contributed by atoms with Crippen molar-refractivity contribution in [3.63, 3.8) is 0 Å². The Morgan fingerprint density at radius 3 is 2.64 bits per heavy atom. The van der Waals surface area contributed by atoms with E-state index in [0.29, 0.717) is 23.5 Å². The number of fused-ring (bicyclic) bond motifs is 3. The maximum Gasteiger partial charge on any atom is 0.414 e. The van der Waals surface area contributed by atoms with Gasteiger partial charge in [0.15, 0.2) is 0 Å². The molecule has 132 valence electrons. The van der Waals surface area contributed by atoms with E-state index in [4.69, 9.17) is 16.3 Å². The Balaban J connectivity index is 2.14. The third-order valence-electron chi connectivity index (χ3n) is 4.16. The monoisotopic (exact) mass is 362 g/mol.